The van der Waals surface area contributed by atoms with Crippen LogP contribution in [-0.4, -0.2) is 12.3 Å². The molecule has 3 atom stereocenters. The Balaban J connectivity index is 1.27. The number of para-hydroxylation sites is 3. The fourth-order valence-corrected chi connectivity index (χ4v) is 10.5. The minimum absolute atomic E-state index is 0.0225. The van der Waals surface area contributed by atoms with E-state index >= 15 is 0 Å². The van der Waals surface area contributed by atoms with Gasteiger partial charge < -0.3 is 14.7 Å². The molecule has 0 bridgehead atoms. The van der Waals surface area contributed by atoms with E-state index in [1.807, 2.05) is 0 Å². The van der Waals surface area contributed by atoms with Crippen LogP contribution in [0.4, 0.5) is 39.8 Å². The van der Waals surface area contributed by atoms with Gasteiger partial charge in [-0.2, -0.15) is 0 Å². The lowest BCUT2D eigenvalue weighted by atomic mass is 9.33. The number of benzene rings is 5. The van der Waals surface area contributed by atoms with E-state index in [0.29, 0.717) is 11.8 Å². The molecule has 10 rings (SSSR count). The van der Waals surface area contributed by atoms with Gasteiger partial charge in [0.25, 0.3) is 6.71 Å². The van der Waals surface area contributed by atoms with Gasteiger partial charge in [-0.1, -0.05) is 113 Å². The number of hydrogen-bond donors (Lipinski definition) is 0. The molecule has 258 valence electrons. The van der Waals surface area contributed by atoms with Crippen LogP contribution in [0.25, 0.3) is 0 Å². The Hall–Kier alpha value is -4.96. The Morgan fingerprint density at radius 3 is 2.25 bits per heavy atom. The lowest BCUT2D eigenvalue weighted by Gasteiger charge is -2.53. The van der Waals surface area contributed by atoms with E-state index in [-0.39, 0.29) is 17.7 Å². The number of anilines is 7. The Morgan fingerprint density at radius 2 is 1.50 bits per heavy atom. The van der Waals surface area contributed by atoms with Gasteiger partial charge in [0.15, 0.2) is 0 Å². The summed E-state index contributed by atoms with van der Waals surface area (Å²) in [6.07, 6.45) is 13.2. The van der Waals surface area contributed by atoms with Crippen molar-refractivity contribution in [2.24, 2.45) is 5.92 Å². The number of rotatable bonds is 5. The van der Waals surface area contributed by atoms with E-state index in [0.717, 1.165) is 6.42 Å². The summed E-state index contributed by atoms with van der Waals surface area (Å²) in [6, 6.07) is 41.7. The van der Waals surface area contributed by atoms with Crippen LogP contribution < -0.4 is 31.1 Å². The molecule has 5 aromatic rings. The highest BCUT2D eigenvalue weighted by Crippen LogP contribution is 2.61. The van der Waals surface area contributed by atoms with Gasteiger partial charge in [0.1, 0.15) is 0 Å². The van der Waals surface area contributed by atoms with Crippen molar-refractivity contribution >= 4 is 62.9 Å². The zero-order chi connectivity index (χ0) is 35.4. The van der Waals surface area contributed by atoms with Crippen molar-refractivity contribution in [3.8, 4) is 0 Å². The van der Waals surface area contributed by atoms with Crippen molar-refractivity contribution in [2.45, 2.75) is 83.6 Å². The Morgan fingerprint density at radius 1 is 0.750 bits per heavy atom. The molecule has 0 aromatic heterocycles. The first-order chi connectivity index (χ1) is 25.3. The second-order valence-electron chi connectivity index (χ2n) is 16.7. The zero-order valence-electron chi connectivity index (χ0n) is 31.2. The van der Waals surface area contributed by atoms with E-state index in [4.69, 9.17) is 0 Å². The molecule has 0 saturated heterocycles. The molecular formula is C48H48BN3. The molecule has 3 heterocycles. The van der Waals surface area contributed by atoms with Crippen LogP contribution in [0.2, 0.25) is 0 Å². The predicted octanol–water partition coefficient (Wildman–Crippen LogP) is 10.8. The van der Waals surface area contributed by atoms with Crippen LogP contribution in [0.15, 0.2) is 133 Å². The highest BCUT2D eigenvalue weighted by molar-refractivity contribution is 7.00. The first-order valence-electron chi connectivity index (χ1n) is 19.6. The minimum Gasteiger partial charge on any atom is -0.335 e. The van der Waals surface area contributed by atoms with Crippen molar-refractivity contribution in [1.82, 2.24) is 0 Å². The maximum absolute atomic E-state index is 2.85. The van der Waals surface area contributed by atoms with Crippen LogP contribution in [-0.2, 0) is 5.41 Å². The van der Waals surface area contributed by atoms with E-state index in [1.54, 1.807) is 5.56 Å². The summed E-state index contributed by atoms with van der Waals surface area (Å²) in [6.45, 7) is 12.3. The molecule has 3 nitrogen and oxygen atoms in total. The molecule has 1 fully saturated rings. The molecule has 0 amide bonds. The SMILES string of the molecule is CC1C=CC(N(c2ccccc2)c2ccc3c(c2)N(c2ccccc2)c2cc(C(C)C)cc4c2B3c2cccc3c2N4C2(C)CCCCC32C)=CC1. The molecule has 5 aromatic carbocycles. The van der Waals surface area contributed by atoms with Crippen LogP contribution in [0.3, 0.4) is 0 Å². The molecule has 1 saturated carbocycles. The summed E-state index contributed by atoms with van der Waals surface area (Å²) in [5.41, 5.74) is 17.7. The lowest BCUT2D eigenvalue weighted by Crippen LogP contribution is -2.64. The van der Waals surface area contributed by atoms with Gasteiger partial charge in [-0.05, 0) is 120 Å². The summed E-state index contributed by atoms with van der Waals surface area (Å²) in [5.74, 6) is 0.947. The van der Waals surface area contributed by atoms with Gasteiger partial charge in [0.05, 0.1) is 5.54 Å². The second kappa shape index (κ2) is 11.5. The first-order valence-corrected chi connectivity index (χ1v) is 19.6. The molecule has 3 aliphatic heterocycles. The summed E-state index contributed by atoms with van der Waals surface area (Å²) in [7, 11) is 0. The quantitative estimate of drug-likeness (QED) is 0.168. The molecule has 3 unspecified atom stereocenters. The Bertz CT molecular complexity index is 2290. The topological polar surface area (TPSA) is 9.72 Å². The highest BCUT2D eigenvalue weighted by atomic mass is 15.3. The van der Waals surface area contributed by atoms with Crippen molar-refractivity contribution in [3.05, 3.63) is 144 Å². The number of hydrogen-bond acceptors (Lipinski definition) is 3. The maximum atomic E-state index is 2.85. The van der Waals surface area contributed by atoms with Gasteiger partial charge in [-0.25, -0.2) is 0 Å². The molecule has 0 N–H and O–H groups in total. The maximum Gasteiger partial charge on any atom is 0.252 e. The predicted molar refractivity (Wildman–Crippen MR) is 222 cm³/mol. The summed E-state index contributed by atoms with van der Waals surface area (Å²) in [4.78, 5) is 7.89. The van der Waals surface area contributed by atoms with Crippen molar-refractivity contribution < 1.29 is 0 Å². The summed E-state index contributed by atoms with van der Waals surface area (Å²) >= 11 is 0. The smallest absolute Gasteiger partial charge is 0.252 e. The van der Waals surface area contributed by atoms with E-state index in [9.17, 15) is 0 Å². The first kappa shape index (κ1) is 31.8. The molecule has 0 spiro atoms. The molecule has 52 heavy (non-hydrogen) atoms. The van der Waals surface area contributed by atoms with Crippen LogP contribution >= 0.6 is 0 Å². The third kappa shape index (κ3) is 4.33. The van der Waals surface area contributed by atoms with Crippen molar-refractivity contribution in [3.63, 3.8) is 0 Å². The fraction of sp³-hybridized carbons (Fsp3) is 0.292. The van der Waals surface area contributed by atoms with Crippen LogP contribution in [0.1, 0.15) is 83.8 Å². The number of fused-ring (bicyclic) bond motifs is 7. The van der Waals surface area contributed by atoms with Gasteiger partial charge in [0, 0.05) is 50.9 Å². The van der Waals surface area contributed by atoms with Gasteiger partial charge in [0.2, 0.25) is 0 Å². The highest BCUT2D eigenvalue weighted by Gasteiger charge is 2.61. The monoisotopic (exact) mass is 677 g/mol. The molecule has 2 aliphatic carbocycles. The van der Waals surface area contributed by atoms with Crippen LogP contribution in [0, 0.1) is 5.92 Å². The fourth-order valence-electron chi connectivity index (χ4n) is 10.5. The number of nitrogens with zero attached hydrogens (tertiary/aromatic N) is 3. The van der Waals surface area contributed by atoms with E-state index in [2.05, 4.69) is 177 Å². The molecular weight excluding hydrogens is 629 g/mol. The van der Waals surface area contributed by atoms with Crippen LogP contribution in [0.5, 0.6) is 0 Å². The van der Waals surface area contributed by atoms with Gasteiger partial charge >= 0.3 is 0 Å². The average Bonchev–Trinajstić information content (AvgIpc) is 3.38. The van der Waals surface area contributed by atoms with Gasteiger partial charge in [-0.3, -0.25) is 0 Å². The number of allylic oxidation sites excluding steroid dienone is 3. The molecule has 5 aliphatic rings. The third-order valence-corrected chi connectivity index (χ3v) is 13.5. The Labute approximate surface area is 310 Å². The van der Waals surface area contributed by atoms with E-state index in [1.165, 1.54) is 93.1 Å². The minimum atomic E-state index is 0.0225. The average molecular weight is 678 g/mol. The normalized spacial score (nSPS) is 23.5. The second-order valence-corrected chi connectivity index (χ2v) is 16.7. The summed E-state index contributed by atoms with van der Waals surface area (Å²) in [5, 5.41) is 0. The van der Waals surface area contributed by atoms with Gasteiger partial charge in [-0.15, -0.1) is 0 Å². The third-order valence-electron chi connectivity index (χ3n) is 13.5. The van der Waals surface area contributed by atoms with Crippen molar-refractivity contribution in [1.29, 1.82) is 0 Å². The largest absolute Gasteiger partial charge is 0.335 e. The lowest BCUT2D eigenvalue weighted by molar-refractivity contribution is 0.195. The van der Waals surface area contributed by atoms with E-state index < -0.39 is 0 Å². The molecule has 0 radical (unpaired) electrons. The molecule has 4 heteroatoms. The standard InChI is InChI=1S/C48H48BN3/c1-32(2)34-29-43-45-44(30-34)52-46-39(47(4)27-12-13-28-48(47,52)5)19-14-20-41(46)49(45)40-26-25-38(31-42(40)51(43)36-17-10-7-11-18-36)50(35-15-8-6-9-16-35)37-23-21-33(3)22-24-37/h6-11,14-21,23-26,29-33H,12-13,22,27-28H2,1-5H3. The summed E-state index contributed by atoms with van der Waals surface area (Å²) < 4.78 is 0. The van der Waals surface area contributed by atoms with Crippen molar-refractivity contribution in [2.75, 3.05) is 14.7 Å². The zero-order valence-corrected chi connectivity index (χ0v) is 31.2. The Kier molecular flexibility index (Phi) is 7.04.